The first kappa shape index (κ1) is 19.1. The molecule has 6 heteroatoms. The molecule has 142 valence electrons. The van der Waals surface area contributed by atoms with E-state index in [2.05, 4.69) is 15.6 Å². The van der Waals surface area contributed by atoms with Gasteiger partial charge < -0.3 is 15.4 Å². The van der Waals surface area contributed by atoms with Crippen LogP contribution in [0.3, 0.4) is 0 Å². The normalized spacial score (nSPS) is 10.2. The monoisotopic (exact) mass is 375 g/mol. The quantitative estimate of drug-likeness (QED) is 0.617. The molecule has 0 unspecified atom stereocenters. The molecule has 1 heterocycles. The standard InChI is InChI=1S/C22H21N3O3/c1-28-22(27)18-8-5-9-19(14-18)25-20-15-17(11-13-23-20)21(26)24-12-10-16-6-3-2-4-7-16/h2-9,11,13-15H,10,12H2,1H3,(H,23,25)(H,24,26). The van der Waals surface area contributed by atoms with Crippen molar-refractivity contribution in [2.45, 2.75) is 6.42 Å². The fourth-order valence-corrected chi connectivity index (χ4v) is 2.70. The molecule has 0 spiro atoms. The molecule has 0 aliphatic rings. The van der Waals surface area contributed by atoms with Crippen LogP contribution in [0.2, 0.25) is 0 Å². The van der Waals surface area contributed by atoms with Crippen molar-refractivity contribution < 1.29 is 14.3 Å². The molecular formula is C22H21N3O3. The Hall–Kier alpha value is -3.67. The average molecular weight is 375 g/mol. The molecule has 0 fully saturated rings. The van der Waals surface area contributed by atoms with Crippen LogP contribution >= 0.6 is 0 Å². The molecule has 0 saturated heterocycles. The number of amides is 1. The van der Waals surface area contributed by atoms with Gasteiger partial charge in [-0.3, -0.25) is 4.79 Å². The number of pyridine rings is 1. The van der Waals surface area contributed by atoms with Gasteiger partial charge >= 0.3 is 5.97 Å². The summed E-state index contributed by atoms with van der Waals surface area (Å²) < 4.78 is 4.73. The predicted molar refractivity (Wildman–Crippen MR) is 108 cm³/mol. The van der Waals surface area contributed by atoms with E-state index in [-0.39, 0.29) is 5.91 Å². The van der Waals surface area contributed by atoms with E-state index in [4.69, 9.17) is 4.74 Å². The molecule has 28 heavy (non-hydrogen) atoms. The van der Waals surface area contributed by atoms with Crippen molar-refractivity contribution in [3.05, 3.63) is 89.6 Å². The molecule has 0 saturated carbocycles. The SMILES string of the molecule is COC(=O)c1cccc(Nc2cc(C(=O)NCCc3ccccc3)ccn2)c1. The summed E-state index contributed by atoms with van der Waals surface area (Å²) in [5.41, 5.74) is 2.79. The van der Waals surface area contributed by atoms with Gasteiger partial charge in [-0.05, 0) is 42.3 Å². The first-order valence-electron chi connectivity index (χ1n) is 8.89. The Bertz CT molecular complexity index is 958. The number of benzene rings is 2. The molecule has 2 aromatic carbocycles. The molecule has 1 amide bonds. The minimum absolute atomic E-state index is 0.162. The number of carbonyl (C=O) groups is 2. The van der Waals surface area contributed by atoms with E-state index in [1.165, 1.54) is 12.7 Å². The first-order valence-corrected chi connectivity index (χ1v) is 8.89. The number of nitrogens with one attached hydrogen (secondary N) is 2. The number of hydrogen-bond acceptors (Lipinski definition) is 5. The fraction of sp³-hybridized carbons (Fsp3) is 0.136. The summed E-state index contributed by atoms with van der Waals surface area (Å²) in [5, 5.41) is 6.02. The summed E-state index contributed by atoms with van der Waals surface area (Å²) in [7, 11) is 1.34. The third-order valence-electron chi connectivity index (χ3n) is 4.12. The highest BCUT2D eigenvalue weighted by atomic mass is 16.5. The van der Waals surface area contributed by atoms with E-state index in [0.29, 0.717) is 29.2 Å². The molecule has 0 atom stereocenters. The Balaban J connectivity index is 1.62. The number of rotatable bonds is 7. The lowest BCUT2D eigenvalue weighted by Crippen LogP contribution is -2.25. The number of esters is 1. The Morgan fingerprint density at radius 3 is 2.57 bits per heavy atom. The molecule has 6 nitrogen and oxygen atoms in total. The van der Waals surface area contributed by atoms with E-state index < -0.39 is 5.97 Å². The largest absolute Gasteiger partial charge is 0.465 e. The van der Waals surface area contributed by atoms with Gasteiger partial charge in [-0.2, -0.15) is 0 Å². The first-order chi connectivity index (χ1) is 13.7. The second-order valence-electron chi connectivity index (χ2n) is 6.12. The van der Waals surface area contributed by atoms with Crippen LogP contribution in [0.1, 0.15) is 26.3 Å². The fourth-order valence-electron chi connectivity index (χ4n) is 2.70. The zero-order chi connectivity index (χ0) is 19.8. The Morgan fingerprint density at radius 2 is 1.79 bits per heavy atom. The van der Waals surface area contributed by atoms with Crippen LogP contribution in [0.5, 0.6) is 0 Å². The average Bonchev–Trinajstić information content (AvgIpc) is 2.74. The minimum atomic E-state index is -0.414. The molecule has 0 aliphatic carbocycles. The summed E-state index contributed by atoms with van der Waals surface area (Å²) in [6.45, 7) is 0.551. The number of hydrogen-bond donors (Lipinski definition) is 2. The third kappa shape index (κ3) is 5.17. The minimum Gasteiger partial charge on any atom is -0.465 e. The number of carbonyl (C=O) groups excluding carboxylic acids is 2. The van der Waals surface area contributed by atoms with Crippen LogP contribution in [-0.4, -0.2) is 30.5 Å². The van der Waals surface area contributed by atoms with Gasteiger partial charge in [0.1, 0.15) is 5.82 Å². The maximum atomic E-state index is 12.4. The molecule has 1 aromatic heterocycles. The van der Waals surface area contributed by atoms with E-state index in [1.807, 2.05) is 30.3 Å². The van der Waals surface area contributed by atoms with Gasteiger partial charge in [-0.1, -0.05) is 36.4 Å². The molecule has 2 N–H and O–H groups in total. The van der Waals surface area contributed by atoms with Crippen molar-refractivity contribution >= 4 is 23.4 Å². The highest BCUT2D eigenvalue weighted by Gasteiger charge is 2.09. The van der Waals surface area contributed by atoms with Crippen molar-refractivity contribution in [3.8, 4) is 0 Å². The summed E-state index contributed by atoms with van der Waals surface area (Å²) in [6, 6.07) is 20.2. The highest BCUT2D eigenvalue weighted by molar-refractivity contribution is 5.95. The molecule has 3 rings (SSSR count). The van der Waals surface area contributed by atoms with Gasteiger partial charge in [0.25, 0.3) is 5.91 Å². The van der Waals surface area contributed by atoms with Crippen molar-refractivity contribution in [2.24, 2.45) is 0 Å². The second-order valence-corrected chi connectivity index (χ2v) is 6.12. The van der Waals surface area contributed by atoms with Crippen molar-refractivity contribution in [3.63, 3.8) is 0 Å². The lowest BCUT2D eigenvalue weighted by Gasteiger charge is -2.09. The zero-order valence-electron chi connectivity index (χ0n) is 15.5. The maximum Gasteiger partial charge on any atom is 0.337 e. The Labute approximate surface area is 163 Å². The van der Waals surface area contributed by atoms with Gasteiger partial charge in [0.05, 0.1) is 12.7 Å². The van der Waals surface area contributed by atoms with E-state index in [0.717, 1.165) is 6.42 Å². The second kappa shape index (κ2) is 9.32. The van der Waals surface area contributed by atoms with E-state index in [1.54, 1.807) is 42.6 Å². The summed E-state index contributed by atoms with van der Waals surface area (Å²) in [5.74, 6) is -0.0643. The van der Waals surface area contributed by atoms with Crippen LogP contribution in [0.15, 0.2) is 72.9 Å². The smallest absolute Gasteiger partial charge is 0.337 e. The van der Waals surface area contributed by atoms with Crippen LogP contribution in [0, 0.1) is 0 Å². The number of aromatic nitrogens is 1. The Morgan fingerprint density at radius 1 is 0.964 bits per heavy atom. The molecular weight excluding hydrogens is 354 g/mol. The van der Waals surface area contributed by atoms with Gasteiger partial charge in [-0.25, -0.2) is 9.78 Å². The van der Waals surface area contributed by atoms with Crippen molar-refractivity contribution in [1.82, 2.24) is 10.3 Å². The van der Waals surface area contributed by atoms with Gasteiger partial charge in [0.15, 0.2) is 0 Å². The Kier molecular flexibility index (Phi) is 6.36. The third-order valence-corrected chi connectivity index (χ3v) is 4.12. The lowest BCUT2D eigenvalue weighted by atomic mass is 10.1. The summed E-state index contributed by atoms with van der Waals surface area (Å²) >= 11 is 0. The molecule has 3 aromatic rings. The van der Waals surface area contributed by atoms with E-state index >= 15 is 0 Å². The molecule has 0 bridgehead atoms. The van der Waals surface area contributed by atoms with Gasteiger partial charge in [0.2, 0.25) is 0 Å². The predicted octanol–water partition coefficient (Wildman–Crippen LogP) is 3.58. The van der Waals surface area contributed by atoms with Gasteiger partial charge in [-0.15, -0.1) is 0 Å². The summed E-state index contributed by atoms with van der Waals surface area (Å²) in [4.78, 5) is 28.3. The zero-order valence-corrected chi connectivity index (χ0v) is 15.5. The van der Waals surface area contributed by atoms with Crippen molar-refractivity contribution in [2.75, 3.05) is 19.0 Å². The summed E-state index contributed by atoms with van der Waals surface area (Å²) in [6.07, 6.45) is 2.34. The topological polar surface area (TPSA) is 80.3 Å². The number of nitrogens with zero attached hydrogens (tertiary/aromatic N) is 1. The number of anilines is 2. The van der Waals surface area contributed by atoms with E-state index in [9.17, 15) is 9.59 Å². The van der Waals surface area contributed by atoms with Crippen LogP contribution in [0.25, 0.3) is 0 Å². The van der Waals surface area contributed by atoms with Crippen LogP contribution in [-0.2, 0) is 11.2 Å². The van der Waals surface area contributed by atoms with Crippen LogP contribution in [0.4, 0.5) is 11.5 Å². The molecule has 0 aliphatic heterocycles. The lowest BCUT2D eigenvalue weighted by molar-refractivity contribution is 0.0600. The van der Waals surface area contributed by atoms with Crippen LogP contribution < -0.4 is 10.6 Å². The number of methoxy groups -OCH3 is 1. The maximum absolute atomic E-state index is 12.4. The highest BCUT2D eigenvalue weighted by Crippen LogP contribution is 2.17. The molecule has 0 radical (unpaired) electrons. The van der Waals surface area contributed by atoms with Gasteiger partial charge in [0, 0.05) is 24.0 Å². The van der Waals surface area contributed by atoms with Crippen molar-refractivity contribution in [1.29, 1.82) is 0 Å². The number of ether oxygens (including phenoxy) is 1.